The van der Waals surface area contributed by atoms with Gasteiger partial charge < -0.3 is 9.47 Å². The van der Waals surface area contributed by atoms with Crippen LogP contribution in [-0.4, -0.2) is 36.4 Å². The van der Waals surface area contributed by atoms with E-state index in [1.165, 1.54) is 19.2 Å². The normalized spacial score (nSPS) is 10.8. The molecular formula is C21H22N2O7. The Bertz CT molecular complexity index is 976. The number of nitro groups is 1. The molecule has 30 heavy (non-hydrogen) atoms. The second-order valence-electron chi connectivity index (χ2n) is 7.42. The molecule has 9 nitrogen and oxygen atoms in total. The summed E-state index contributed by atoms with van der Waals surface area (Å²) in [5.41, 5.74) is 0.699. The summed E-state index contributed by atoms with van der Waals surface area (Å²) < 4.78 is 9.85. The van der Waals surface area contributed by atoms with Crippen LogP contribution < -0.4 is 10.1 Å². The van der Waals surface area contributed by atoms with Crippen LogP contribution in [0.4, 0.5) is 5.69 Å². The zero-order valence-electron chi connectivity index (χ0n) is 17.1. The lowest BCUT2D eigenvalue weighted by atomic mass is 9.87. The summed E-state index contributed by atoms with van der Waals surface area (Å²) in [6, 6.07) is 10.2. The van der Waals surface area contributed by atoms with Gasteiger partial charge in [0, 0.05) is 17.7 Å². The van der Waals surface area contributed by atoms with Gasteiger partial charge >= 0.3 is 5.97 Å². The molecule has 0 aliphatic rings. The Balaban J connectivity index is 1.99. The Hall–Kier alpha value is -3.75. The van der Waals surface area contributed by atoms with E-state index in [9.17, 15) is 24.5 Å². The van der Waals surface area contributed by atoms with E-state index < -0.39 is 29.3 Å². The maximum Gasteiger partial charge on any atom is 0.342 e. The first-order valence-electron chi connectivity index (χ1n) is 8.97. The molecule has 0 saturated heterocycles. The maximum atomic E-state index is 12.2. The molecule has 2 amide bonds. The quantitative estimate of drug-likeness (QED) is 0.437. The second-order valence-corrected chi connectivity index (χ2v) is 7.42. The molecule has 158 valence electrons. The number of hydrogen-bond donors (Lipinski definition) is 1. The third-order valence-corrected chi connectivity index (χ3v) is 4.21. The SMILES string of the molecule is COc1ccc([N+](=O)[O-])cc1C(=O)OCC(=O)NC(=O)c1ccc(C(C)(C)C)cc1. The highest BCUT2D eigenvalue weighted by Crippen LogP contribution is 2.25. The minimum Gasteiger partial charge on any atom is -0.496 e. The molecule has 2 aromatic rings. The molecule has 0 bridgehead atoms. The number of hydrogen-bond acceptors (Lipinski definition) is 7. The van der Waals surface area contributed by atoms with Crippen molar-refractivity contribution in [3.63, 3.8) is 0 Å². The average Bonchev–Trinajstić information content (AvgIpc) is 2.70. The Kier molecular flexibility index (Phi) is 6.89. The van der Waals surface area contributed by atoms with Gasteiger partial charge in [-0.3, -0.25) is 25.0 Å². The van der Waals surface area contributed by atoms with Crippen LogP contribution in [0.1, 0.15) is 47.1 Å². The molecular weight excluding hydrogens is 392 g/mol. The maximum absolute atomic E-state index is 12.2. The van der Waals surface area contributed by atoms with Crippen LogP contribution in [0, 0.1) is 10.1 Å². The van der Waals surface area contributed by atoms with Crippen LogP contribution >= 0.6 is 0 Å². The number of carbonyl (C=O) groups excluding carboxylic acids is 3. The van der Waals surface area contributed by atoms with Gasteiger partial charge in [0.15, 0.2) is 6.61 Å². The summed E-state index contributed by atoms with van der Waals surface area (Å²) in [5.74, 6) is -2.41. The van der Waals surface area contributed by atoms with Crippen LogP contribution in [0.5, 0.6) is 5.75 Å². The Morgan fingerprint density at radius 3 is 2.23 bits per heavy atom. The number of benzene rings is 2. The Morgan fingerprint density at radius 2 is 1.70 bits per heavy atom. The van der Waals surface area contributed by atoms with Crippen molar-refractivity contribution in [2.75, 3.05) is 13.7 Å². The Morgan fingerprint density at radius 1 is 1.07 bits per heavy atom. The number of amides is 2. The lowest BCUT2D eigenvalue weighted by Crippen LogP contribution is -2.34. The predicted octanol–water partition coefficient (Wildman–Crippen LogP) is 3.01. The van der Waals surface area contributed by atoms with Crippen molar-refractivity contribution in [2.45, 2.75) is 26.2 Å². The summed E-state index contributed by atoms with van der Waals surface area (Å²) >= 11 is 0. The van der Waals surface area contributed by atoms with Gasteiger partial charge in [0.25, 0.3) is 17.5 Å². The molecule has 0 atom stereocenters. The number of nitro benzene ring substituents is 1. The summed E-state index contributed by atoms with van der Waals surface area (Å²) in [6.07, 6.45) is 0. The molecule has 0 aromatic heterocycles. The third-order valence-electron chi connectivity index (χ3n) is 4.21. The van der Waals surface area contributed by atoms with Crippen LogP contribution in [0.15, 0.2) is 42.5 Å². The van der Waals surface area contributed by atoms with E-state index in [1.54, 1.807) is 24.3 Å². The smallest absolute Gasteiger partial charge is 0.342 e. The fraction of sp³-hybridized carbons (Fsp3) is 0.286. The summed E-state index contributed by atoms with van der Waals surface area (Å²) in [7, 11) is 1.29. The molecule has 0 unspecified atom stereocenters. The number of methoxy groups -OCH3 is 1. The van der Waals surface area contributed by atoms with Crippen molar-refractivity contribution in [1.82, 2.24) is 5.32 Å². The topological polar surface area (TPSA) is 125 Å². The first-order valence-corrected chi connectivity index (χ1v) is 8.97. The molecule has 0 fully saturated rings. The molecule has 0 radical (unpaired) electrons. The van der Waals surface area contributed by atoms with E-state index in [0.717, 1.165) is 11.6 Å². The molecule has 0 heterocycles. The lowest BCUT2D eigenvalue weighted by molar-refractivity contribution is -0.384. The fourth-order valence-corrected chi connectivity index (χ4v) is 2.53. The van der Waals surface area contributed by atoms with Crippen molar-refractivity contribution in [1.29, 1.82) is 0 Å². The number of carbonyl (C=O) groups is 3. The fourth-order valence-electron chi connectivity index (χ4n) is 2.53. The van der Waals surface area contributed by atoms with Crippen LogP contribution in [-0.2, 0) is 14.9 Å². The van der Waals surface area contributed by atoms with Gasteiger partial charge in [-0.1, -0.05) is 32.9 Å². The Labute approximate surface area is 173 Å². The van der Waals surface area contributed by atoms with E-state index in [-0.39, 0.29) is 28.0 Å². The molecule has 9 heteroatoms. The van der Waals surface area contributed by atoms with Gasteiger partial charge in [-0.05, 0) is 29.2 Å². The molecule has 2 aromatic carbocycles. The van der Waals surface area contributed by atoms with Gasteiger partial charge in [0.05, 0.1) is 12.0 Å². The first-order chi connectivity index (χ1) is 14.0. The number of nitrogens with one attached hydrogen (secondary N) is 1. The monoisotopic (exact) mass is 414 g/mol. The van der Waals surface area contributed by atoms with E-state index in [1.807, 2.05) is 20.8 Å². The van der Waals surface area contributed by atoms with Crippen molar-refractivity contribution in [3.8, 4) is 5.75 Å². The van der Waals surface area contributed by atoms with Crippen molar-refractivity contribution in [3.05, 3.63) is 69.3 Å². The minimum atomic E-state index is -0.993. The van der Waals surface area contributed by atoms with Gasteiger partial charge in [-0.15, -0.1) is 0 Å². The summed E-state index contributed by atoms with van der Waals surface area (Å²) in [4.78, 5) is 46.6. The van der Waals surface area contributed by atoms with Gasteiger partial charge in [0.1, 0.15) is 11.3 Å². The van der Waals surface area contributed by atoms with Crippen LogP contribution in [0.2, 0.25) is 0 Å². The standard InChI is InChI=1S/C21H22N2O7/c1-21(2,3)14-7-5-13(6-8-14)19(25)22-18(24)12-30-20(26)16-11-15(23(27)28)9-10-17(16)29-4/h5-11H,12H2,1-4H3,(H,22,24,25). The van der Waals surface area contributed by atoms with E-state index in [0.29, 0.717) is 0 Å². The number of imide groups is 1. The molecule has 0 aliphatic carbocycles. The average molecular weight is 414 g/mol. The highest BCUT2D eigenvalue weighted by atomic mass is 16.6. The number of nitrogens with zero attached hydrogens (tertiary/aromatic N) is 1. The summed E-state index contributed by atoms with van der Waals surface area (Å²) in [5, 5.41) is 13.0. The minimum absolute atomic E-state index is 0.0565. The predicted molar refractivity (Wildman–Crippen MR) is 108 cm³/mol. The lowest BCUT2D eigenvalue weighted by Gasteiger charge is -2.19. The van der Waals surface area contributed by atoms with E-state index >= 15 is 0 Å². The molecule has 1 N–H and O–H groups in total. The number of esters is 1. The molecule has 0 spiro atoms. The van der Waals surface area contributed by atoms with Crippen LogP contribution in [0.25, 0.3) is 0 Å². The largest absolute Gasteiger partial charge is 0.496 e. The zero-order valence-corrected chi connectivity index (χ0v) is 17.1. The number of rotatable bonds is 6. The van der Waals surface area contributed by atoms with Crippen LogP contribution in [0.3, 0.4) is 0 Å². The van der Waals surface area contributed by atoms with Gasteiger partial charge in [-0.25, -0.2) is 4.79 Å². The van der Waals surface area contributed by atoms with Crippen molar-refractivity contribution < 1.29 is 28.8 Å². The van der Waals surface area contributed by atoms with E-state index in [4.69, 9.17) is 9.47 Å². The van der Waals surface area contributed by atoms with Gasteiger partial charge in [0.2, 0.25) is 0 Å². The zero-order chi connectivity index (χ0) is 22.5. The molecule has 0 aliphatic heterocycles. The van der Waals surface area contributed by atoms with Crippen molar-refractivity contribution >= 4 is 23.5 Å². The summed E-state index contributed by atoms with van der Waals surface area (Å²) in [6.45, 7) is 5.37. The van der Waals surface area contributed by atoms with Crippen molar-refractivity contribution in [2.24, 2.45) is 0 Å². The van der Waals surface area contributed by atoms with E-state index in [2.05, 4.69) is 5.32 Å². The van der Waals surface area contributed by atoms with Gasteiger partial charge in [-0.2, -0.15) is 0 Å². The number of ether oxygens (including phenoxy) is 2. The highest BCUT2D eigenvalue weighted by Gasteiger charge is 2.20. The molecule has 2 rings (SSSR count). The highest BCUT2D eigenvalue weighted by molar-refractivity contribution is 6.05. The second kappa shape index (κ2) is 9.17. The first kappa shape index (κ1) is 22.5. The molecule has 0 saturated carbocycles. The third kappa shape index (κ3) is 5.63. The number of non-ortho nitro benzene ring substituents is 1.